The van der Waals surface area contributed by atoms with E-state index in [0.29, 0.717) is 13.1 Å². The van der Waals surface area contributed by atoms with Gasteiger partial charge < -0.3 is 14.6 Å². The van der Waals surface area contributed by atoms with E-state index < -0.39 is 0 Å². The van der Waals surface area contributed by atoms with Crippen LogP contribution in [-0.4, -0.2) is 29.1 Å². The van der Waals surface area contributed by atoms with E-state index in [4.69, 9.17) is 4.74 Å². The Labute approximate surface area is 146 Å². The molecule has 1 N–H and O–H groups in total. The van der Waals surface area contributed by atoms with Crippen LogP contribution in [0, 0.1) is 0 Å². The molecule has 1 heterocycles. The van der Waals surface area contributed by atoms with Crippen LogP contribution in [0.2, 0.25) is 0 Å². The molecular formula is C20H21N3O2. The lowest BCUT2D eigenvalue weighted by Crippen LogP contribution is -2.34. The Hall–Kier alpha value is -2.82. The fourth-order valence-corrected chi connectivity index (χ4v) is 3.28. The Morgan fingerprint density at radius 2 is 1.96 bits per heavy atom. The molecule has 0 unspecified atom stereocenters. The van der Waals surface area contributed by atoms with Gasteiger partial charge in [0.05, 0.1) is 24.5 Å². The Bertz CT molecular complexity index is 895. The number of nitrogens with one attached hydrogen (secondary N) is 1. The number of rotatable bonds is 6. The summed E-state index contributed by atoms with van der Waals surface area (Å²) in [5, 5.41) is 3.10. The number of hydrogen-bond donors (Lipinski definition) is 1. The second-order valence-electron chi connectivity index (χ2n) is 6.65. The van der Waals surface area contributed by atoms with Gasteiger partial charge in [-0.05, 0) is 42.7 Å². The molecule has 1 aliphatic carbocycles. The highest BCUT2D eigenvalue weighted by Gasteiger charge is 2.44. The van der Waals surface area contributed by atoms with Crippen LogP contribution in [0.5, 0.6) is 5.75 Å². The van der Waals surface area contributed by atoms with Gasteiger partial charge in [-0.25, -0.2) is 4.98 Å². The van der Waals surface area contributed by atoms with E-state index in [1.807, 2.05) is 41.0 Å². The van der Waals surface area contributed by atoms with Crippen LogP contribution in [0.1, 0.15) is 18.4 Å². The van der Waals surface area contributed by atoms with Crippen molar-refractivity contribution in [3.05, 3.63) is 60.4 Å². The lowest BCUT2D eigenvalue weighted by molar-refractivity contribution is -0.121. The molecule has 0 spiro atoms. The first-order chi connectivity index (χ1) is 12.2. The van der Waals surface area contributed by atoms with Crippen LogP contribution in [0.4, 0.5) is 0 Å². The minimum absolute atomic E-state index is 0.0166. The van der Waals surface area contributed by atoms with Crippen molar-refractivity contribution in [3.8, 4) is 5.75 Å². The van der Waals surface area contributed by atoms with Crippen molar-refractivity contribution >= 4 is 16.9 Å². The first-order valence-corrected chi connectivity index (χ1v) is 8.51. The first-order valence-electron chi connectivity index (χ1n) is 8.51. The monoisotopic (exact) mass is 335 g/mol. The molecule has 4 rings (SSSR count). The molecule has 128 valence electrons. The molecular weight excluding hydrogens is 314 g/mol. The number of amides is 1. The van der Waals surface area contributed by atoms with Crippen molar-refractivity contribution in [2.75, 3.05) is 13.7 Å². The van der Waals surface area contributed by atoms with Gasteiger partial charge in [0.2, 0.25) is 5.91 Å². The Kier molecular flexibility index (Phi) is 3.92. The predicted molar refractivity (Wildman–Crippen MR) is 96.6 cm³/mol. The van der Waals surface area contributed by atoms with Crippen LogP contribution >= 0.6 is 0 Å². The van der Waals surface area contributed by atoms with Crippen LogP contribution in [0.3, 0.4) is 0 Å². The SMILES string of the molecule is COc1ccc(C2(CNC(=O)Cn3cnc4ccccc43)CC2)cc1. The molecule has 3 aromatic rings. The lowest BCUT2D eigenvalue weighted by atomic mass is 9.96. The third-order valence-corrected chi connectivity index (χ3v) is 5.02. The molecule has 2 aromatic carbocycles. The van der Waals surface area contributed by atoms with Gasteiger partial charge in [0.15, 0.2) is 0 Å². The number of para-hydroxylation sites is 2. The molecule has 0 saturated heterocycles. The maximum atomic E-state index is 12.4. The zero-order valence-corrected chi connectivity index (χ0v) is 14.2. The maximum absolute atomic E-state index is 12.4. The molecule has 0 atom stereocenters. The van der Waals surface area contributed by atoms with Crippen LogP contribution in [0.15, 0.2) is 54.9 Å². The number of carbonyl (C=O) groups is 1. The van der Waals surface area contributed by atoms with Gasteiger partial charge in [-0.2, -0.15) is 0 Å². The van der Waals surface area contributed by atoms with E-state index in [-0.39, 0.29) is 11.3 Å². The first kappa shape index (κ1) is 15.7. The molecule has 1 saturated carbocycles. The highest BCUT2D eigenvalue weighted by molar-refractivity contribution is 5.80. The number of hydrogen-bond acceptors (Lipinski definition) is 3. The number of aromatic nitrogens is 2. The molecule has 5 heteroatoms. The van der Waals surface area contributed by atoms with E-state index in [1.54, 1.807) is 13.4 Å². The third kappa shape index (κ3) is 3.09. The van der Waals surface area contributed by atoms with Gasteiger partial charge in [0, 0.05) is 12.0 Å². The van der Waals surface area contributed by atoms with E-state index >= 15 is 0 Å². The molecule has 1 amide bonds. The minimum Gasteiger partial charge on any atom is -0.497 e. The predicted octanol–water partition coefficient (Wildman–Crippen LogP) is 2.89. The fraction of sp³-hybridized carbons (Fsp3) is 0.300. The molecule has 0 bridgehead atoms. The molecule has 1 aliphatic rings. The van der Waals surface area contributed by atoms with E-state index in [9.17, 15) is 4.79 Å². The normalized spacial score (nSPS) is 15.1. The summed E-state index contributed by atoms with van der Waals surface area (Å²) >= 11 is 0. The minimum atomic E-state index is 0.0166. The quantitative estimate of drug-likeness (QED) is 0.753. The Morgan fingerprint density at radius 1 is 1.20 bits per heavy atom. The summed E-state index contributed by atoms with van der Waals surface area (Å²) in [5.41, 5.74) is 3.24. The van der Waals surface area contributed by atoms with Gasteiger partial charge in [-0.1, -0.05) is 24.3 Å². The number of nitrogens with zero attached hydrogens (tertiary/aromatic N) is 2. The Balaban J connectivity index is 1.40. The van der Waals surface area contributed by atoms with E-state index in [2.05, 4.69) is 22.4 Å². The smallest absolute Gasteiger partial charge is 0.240 e. The highest BCUT2D eigenvalue weighted by atomic mass is 16.5. The molecule has 0 radical (unpaired) electrons. The number of methoxy groups -OCH3 is 1. The second kappa shape index (κ2) is 6.24. The van der Waals surface area contributed by atoms with Crippen molar-refractivity contribution in [2.45, 2.75) is 24.8 Å². The van der Waals surface area contributed by atoms with Crippen molar-refractivity contribution < 1.29 is 9.53 Å². The van der Waals surface area contributed by atoms with E-state index in [1.165, 1.54) is 5.56 Å². The molecule has 0 aliphatic heterocycles. The average Bonchev–Trinajstić information content (AvgIpc) is 3.35. The summed E-state index contributed by atoms with van der Waals surface area (Å²) in [5.74, 6) is 0.874. The number of fused-ring (bicyclic) bond motifs is 1. The van der Waals surface area contributed by atoms with E-state index in [0.717, 1.165) is 29.6 Å². The summed E-state index contributed by atoms with van der Waals surface area (Å²) in [6.45, 7) is 0.962. The van der Waals surface area contributed by atoms with Crippen molar-refractivity contribution in [2.24, 2.45) is 0 Å². The molecule has 1 fully saturated rings. The topological polar surface area (TPSA) is 56.1 Å². The van der Waals surface area contributed by atoms with Gasteiger partial charge in [-0.3, -0.25) is 4.79 Å². The molecule has 1 aromatic heterocycles. The number of imidazole rings is 1. The highest BCUT2D eigenvalue weighted by Crippen LogP contribution is 2.47. The zero-order chi connectivity index (χ0) is 17.3. The van der Waals surface area contributed by atoms with Crippen molar-refractivity contribution in [1.29, 1.82) is 0 Å². The summed E-state index contributed by atoms with van der Waals surface area (Å²) in [6.07, 6.45) is 3.93. The van der Waals surface area contributed by atoms with Crippen molar-refractivity contribution in [1.82, 2.24) is 14.9 Å². The van der Waals surface area contributed by atoms with Gasteiger partial charge >= 0.3 is 0 Å². The third-order valence-electron chi connectivity index (χ3n) is 5.02. The zero-order valence-electron chi connectivity index (χ0n) is 14.2. The number of ether oxygens (including phenoxy) is 1. The van der Waals surface area contributed by atoms with Gasteiger partial charge in [0.25, 0.3) is 0 Å². The van der Waals surface area contributed by atoms with Crippen LogP contribution < -0.4 is 10.1 Å². The standard InChI is InChI=1S/C20H21N3O2/c1-25-16-8-6-15(7-9-16)20(10-11-20)13-21-19(24)12-23-14-22-17-4-2-3-5-18(17)23/h2-9,14H,10-13H2,1H3,(H,21,24). The summed E-state index contributed by atoms with van der Waals surface area (Å²) < 4.78 is 7.10. The second-order valence-corrected chi connectivity index (χ2v) is 6.65. The molecule has 25 heavy (non-hydrogen) atoms. The van der Waals surface area contributed by atoms with Gasteiger partial charge in [-0.15, -0.1) is 0 Å². The largest absolute Gasteiger partial charge is 0.497 e. The van der Waals surface area contributed by atoms with Crippen LogP contribution in [-0.2, 0) is 16.8 Å². The number of carbonyl (C=O) groups excluding carboxylic acids is 1. The summed E-state index contributed by atoms with van der Waals surface area (Å²) in [4.78, 5) is 16.7. The molecule has 5 nitrogen and oxygen atoms in total. The number of benzene rings is 2. The van der Waals surface area contributed by atoms with Crippen LogP contribution in [0.25, 0.3) is 11.0 Å². The lowest BCUT2D eigenvalue weighted by Gasteiger charge is -2.17. The van der Waals surface area contributed by atoms with Crippen molar-refractivity contribution in [3.63, 3.8) is 0 Å². The average molecular weight is 335 g/mol. The summed E-state index contributed by atoms with van der Waals surface area (Å²) in [6, 6.07) is 16.0. The Morgan fingerprint density at radius 3 is 2.68 bits per heavy atom. The fourth-order valence-electron chi connectivity index (χ4n) is 3.28. The van der Waals surface area contributed by atoms with Gasteiger partial charge in [0.1, 0.15) is 12.3 Å². The maximum Gasteiger partial charge on any atom is 0.240 e. The summed E-state index contributed by atoms with van der Waals surface area (Å²) in [7, 11) is 1.67.